The van der Waals surface area contributed by atoms with Crippen molar-refractivity contribution in [3.05, 3.63) is 53.6 Å². The number of hydrogen-bond acceptors (Lipinski definition) is 5. The highest BCUT2D eigenvalue weighted by atomic mass is 16.7. The predicted octanol–water partition coefficient (Wildman–Crippen LogP) is 2.45. The number of fused-ring (bicyclic) bond motifs is 1. The van der Waals surface area contributed by atoms with Gasteiger partial charge in [-0.3, -0.25) is 4.79 Å². The number of carbonyl (C=O) groups is 2. The van der Waals surface area contributed by atoms with Crippen LogP contribution in [0.25, 0.3) is 0 Å². The molecule has 0 saturated carbocycles. The maximum absolute atomic E-state index is 12.0. The summed E-state index contributed by atoms with van der Waals surface area (Å²) in [5.41, 5.74) is 0.650. The van der Waals surface area contributed by atoms with Gasteiger partial charge in [-0.2, -0.15) is 0 Å². The molecule has 0 spiro atoms. The van der Waals surface area contributed by atoms with Crippen LogP contribution in [0.5, 0.6) is 17.2 Å². The molecule has 0 saturated heterocycles. The molecule has 0 N–H and O–H groups in total. The first-order chi connectivity index (χ1) is 9.78. The summed E-state index contributed by atoms with van der Waals surface area (Å²) in [5, 5.41) is 0. The average Bonchev–Trinajstić information content (AvgIpc) is 2.95. The van der Waals surface area contributed by atoms with Crippen molar-refractivity contribution in [2.24, 2.45) is 0 Å². The number of benzene rings is 2. The molecule has 1 aliphatic heterocycles. The molecule has 100 valence electrons. The summed E-state index contributed by atoms with van der Waals surface area (Å²) < 4.78 is 15.6. The van der Waals surface area contributed by atoms with Gasteiger partial charge in [0.1, 0.15) is 5.75 Å². The second-order valence-corrected chi connectivity index (χ2v) is 4.11. The minimum atomic E-state index is -0.558. The van der Waals surface area contributed by atoms with Gasteiger partial charge in [-0.15, -0.1) is 0 Å². The van der Waals surface area contributed by atoms with Crippen LogP contribution in [0.3, 0.4) is 0 Å². The van der Waals surface area contributed by atoms with Crippen LogP contribution in [0.15, 0.2) is 42.5 Å². The lowest BCUT2D eigenvalue weighted by Crippen LogP contribution is -2.09. The van der Waals surface area contributed by atoms with Crippen LogP contribution in [-0.4, -0.2) is 19.0 Å². The second-order valence-electron chi connectivity index (χ2n) is 4.11. The lowest BCUT2D eigenvalue weighted by molar-refractivity contribution is 0.0733. The molecule has 0 fully saturated rings. The smallest absolute Gasteiger partial charge is 0.343 e. The second kappa shape index (κ2) is 5.05. The maximum Gasteiger partial charge on any atom is 0.343 e. The zero-order valence-corrected chi connectivity index (χ0v) is 10.4. The van der Waals surface area contributed by atoms with Crippen molar-refractivity contribution in [1.29, 1.82) is 0 Å². The Bertz CT molecular complexity index is 678. The van der Waals surface area contributed by atoms with Gasteiger partial charge in [0.05, 0.1) is 11.1 Å². The average molecular weight is 270 g/mol. The molecular formula is C15H10O5. The molecule has 20 heavy (non-hydrogen) atoms. The van der Waals surface area contributed by atoms with E-state index in [9.17, 15) is 9.59 Å². The number of carbonyl (C=O) groups excluding carboxylic acids is 2. The Labute approximate surface area is 114 Å². The van der Waals surface area contributed by atoms with Gasteiger partial charge in [0, 0.05) is 0 Å². The van der Waals surface area contributed by atoms with E-state index < -0.39 is 5.97 Å². The summed E-state index contributed by atoms with van der Waals surface area (Å²) in [4.78, 5) is 22.9. The molecule has 2 aromatic carbocycles. The Morgan fingerprint density at radius 2 is 1.90 bits per heavy atom. The van der Waals surface area contributed by atoms with E-state index in [0.29, 0.717) is 28.9 Å². The van der Waals surface area contributed by atoms with E-state index in [1.165, 1.54) is 0 Å². The quantitative estimate of drug-likeness (QED) is 0.487. The lowest BCUT2D eigenvalue weighted by Gasteiger charge is -2.06. The van der Waals surface area contributed by atoms with Crippen molar-refractivity contribution in [3.8, 4) is 17.2 Å². The Kier molecular flexibility index (Phi) is 3.09. The molecule has 3 rings (SSSR count). The summed E-state index contributed by atoms with van der Waals surface area (Å²) in [5.74, 6) is 0.765. The van der Waals surface area contributed by atoms with Crippen molar-refractivity contribution in [1.82, 2.24) is 0 Å². The van der Waals surface area contributed by atoms with Gasteiger partial charge in [-0.05, 0) is 30.3 Å². The van der Waals surface area contributed by atoms with Crippen molar-refractivity contribution >= 4 is 12.3 Å². The Morgan fingerprint density at radius 1 is 1.10 bits per heavy atom. The Balaban J connectivity index is 1.84. The molecule has 0 aromatic heterocycles. The standard InChI is InChI=1S/C15H10O5/c16-8-11-3-1-2-4-12(11)20-15(17)10-5-6-13-14(7-10)19-9-18-13/h1-8H,9H2. The van der Waals surface area contributed by atoms with Crippen molar-refractivity contribution in [3.63, 3.8) is 0 Å². The van der Waals surface area contributed by atoms with Gasteiger partial charge in [0.15, 0.2) is 17.8 Å². The minimum absolute atomic E-state index is 0.141. The van der Waals surface area contributed by atoms with E-state index in [2.05, 4.69) is 0 Å². The van der Waals surface area contributed by atoms with Crippen LogP contribution in [-0.2, 0) is 0 Å². The molecule has 0 unspecified atom stereocenters. The van der Waals surface area contributed by atoms with Gasteiger partial charge in [-0.1, -0.05) is 12.1 Å². The van der Waals surface area contributed by atoms with E-state index in [1.54, 1.807) is 42.5 Å². The normalized spacial score (nSPS) is 12.0. The van der Waals surface area contributed by atoms with Crippen LogP contribution < -0.4 is 14.2 Å². The minimum Gasteiger partial charge on any atom is -0.454 e. The SMILES string of the molecule is O=Cc1ccccc1OC(=O)c1ccc2c(c1)OCO2. The first-order valence-corrected chi connectivity index (χ1v) is 5.94. The topological polar surface area (TPSA) is 61.8 Å². The largest absolute Gasteiger partial charge is 0.454 e. The van der Waals surface area contributed by atoms with Crippen LogP contribution in [0.4, 0.5) is 0 Å². The summed E-state index contributed by atoms with van der Waals surface area (Å²) in [6.07, 6.45) is 0.641. The fourth-order valence-corrected chi connectivity index (χ4v) is 1.85. The van der Waals surface area contributed by atoms with Crippen LogP contribution in [0.2, 0.25) is 0 Å². The zero-order valence-electron chi connectivity index (χ0n) is 10.4. The highest BCUT2D eigenvalue weighted by Gasteiger charge is 2.18. The number of hydrogen-bond donors (Lipinski definition) is 0. The first-order valence-electron chi connectivity index (χ1n) is 5.94. The lowest BCUT2D eigenvalue weighted by atomic mass is 10.2. The third-order valence-electron chi connectivity index (χ3n) is 2.86. The Hall–Kier alpha value is -2.82. The van der Waals surface area contributed by atoms with Crippen LogP contribution in [0.1, 0.15) is 20.7 Å². The number of rotatable bonds is 3. The van der Waals surface area contributed by atoms with Crippen LogP contribution in [0, 0.1) is 0 Å². The molecule has 0 aliphatic carbocycles. The zero-order chi connectivity index (χ0) is 13.9. The number of ether oxygens (including phenoxy) is 3. The fraction of sp³-hybridized carbons (Fsp3) is 0.0667. The van der Waals surface area contributed by atoms with Gasteiger partial charge in [0.2, 0.25) is 6.79 Å². The molecule has 1 heterocycles. The maximum atomic E-state index is 12.0. The van der Waals surface area contributed by atoms with E-state index in [1.807, 2.05) is 0 Å². The number of aldehydes is 1. The summed E-state index contributed by atoms with van der Waals surface area (Å²) in [6, 6.07) is 11.3. The first kappa shape index (κ1) is 12.2. The highest BCUT2D eigenvalue weighted by molar-refractivity contribution is 5.93. The van der Waals surface area contributed by atoms with Crippen LogP contribution >= 0.6 is 0 Å². The molecule has 0 radical (unpaired) electrons. The molecule has 0 atom stereocenters. The number of esters is 1. The van der Waals surface area contributed by atoms with E-state index >= 15 is 0 Å². The summed E-state index contributed by atoms with van der Waals surface area (Å²) >= 11 is 0. The van der Waals surface area contributed by atoms with Gasteiger partial charge >= 0.3 is 5.97 Å². The fourth-order valence-electron chi connectivity index (χ4n) is 1.85. The van der Waals surface area contributed by atoms with E-state index in [-0.39, 0.29) is 12.5 Å². The van der Waals surface area contributed by atoms with E-state index in [0.717, 1.165) is 0 Å². The van der Waals surface area contributed by atoms with Gasteiger partial charge in [0.25, 0.3) is 0 Å². The molecular weight excluding hydrogens is 260 g/mol. The molecule has 2 aromatic rings. The van der Waals surface area contributed by atoms with Crippen molar-refractivity contribution < 1.29 is 23.8 Å². The molecule has 5 heteroatoms. The molecule has 5 nitrogen and oxygen atoms in total. The Morgan fingerprint density at radius 3 is 2.75 bits per heavy atom. The molecule has 0 amide bonds. The third-order valence-corrected chi connectivity index (χ3v) is 2.86. The van der Waals surface area contributed by atoms with Crippen molar-refractivity contribution in [2.45, 2.75) is 0 Å². The highest BCUT2D eigenvalue weighted by Crippen LogP contribution is 2.32. The molecule has 0 bridgehead atoms. The monoisotopic (exact) mass is 270 g/mol. The third kappa shape index (κ3) is 2.21. The van der Waals surface area contributed by atoms with Gasteiger partial charge < -0.3 is 14.2 Å². The summed E-state index contributed by atoms with van der Waals surface area (Å²) in [7, 11) is 0. The predicted molar refractivity (Wildman–Crippen MR) is 69.4 cm³/mol. The van der Waals surface area contributed by atoms with Crippen molar-refractivity contribution in [2.75, 3.05) is 6.79 Å². The molecule has 1 aliphatic rings. The van der Waals surface area contributed by atoms with Gasteiger partial charge in [-0.25, -0.2) is 4.79 Å². The van der Waals surface area contributed by atoms with E-state index in [4.69, 9.17) is 14.2 Å². The number of para-hydroxylation sites is 1. The summed E-state index contributed by atoms with van der Waals surface area (Å²) in [6.45, 7) is 0.141.